The number of carbonyl (C=O) groups excluding carboxylic acids is 1. The van der Waals surface area contributed by atoms with E-state index in [0.717, 1.165) is 96.3 Å². The van der Waals surface area contributed by atoms with Crippen LogP contribution in [-0.2, 0) is 18.4 Å². The first-order valence-electron chi connectivity index (χ1n) is 27.0. The molecule has 0 radical (unpaired) electrons. The highest BCUT2D eigenvalue weighted by atomic mass is 31.2. The molecule has 0 aromatic heterocycles. The molecule has 0 bridgehead atoms. The number of carbonyl (C=O) groups is 1. The third-order valence-electron chi connectivity index (χ3n) is 11.1. The van der Waals surface area contributed by atoms with Gasteiger partial charge in [0.05, 0.1) is 39.9 Å². The average Bonchev–Trinajstić information content (AvgIpc) is 3.31. The van der Waals surface area contributed by atoms with Crippen LogP contribution in [0.25, 0.3) is 0 Å². The number of hydrogen-bond donors (Lipinski definition) is 2. The molecule has 69 heavy (non-hydrogen) atoms. The minimum Gasteiger partial charge on any atom is -0.756 e. The summed E-state index contributed by atoms with van der Waals surface area (Å²) in [5.74, 6) is -0.242. The van der Waals surface area contributed by atoms with Crippen LogP contribution in [0.3, 0.4) is 0 Å². The Morgan fingerprint density at radius 2 is 0.899 bits per heavy atom. The summed E-state index contributed by atoms with van der Waals surface area (Å²) in [6.45, 7) is 4.46. The Balaban J connectivity index is 4.42. The third-order valence-corrected chi connectivity index (χ3v) is 12.0. The van der Waals surface area contributed by atoms with Crippen molar-refractivity contribution in [2.45, 2.75) is 199 Å². The molecule has 3 atom stereocenters. The number of amides is 1. The molecule has 3 unspecified atom stereocenters. The lowest BCUT2D eigenvalue weighted by molar-refractivity contribution is -0.870. The largest absolute Gasteiger partial charge is 0.756 e. The van der Waals surface area contributed by atoms with Gasteiger partial charge < -0.3 is 28.8 Å². The third kappa shape index (κ3) is 52.3. The van der Waals surface area contributed by atoms with Gasteiger partial charge >= 0.3 is 0 Å². The van der Waals surface area contributed by atoms with Gasteiger partial charge in [-0.3, -0.25) is 9.36 Å². The summed E-state index contributed by atoms with van der Waals surface area (Å²) in [4.78, 5) is 25.4. The van der Waals surface area contributed by atoms with E-state index in [4.69, 9.17) is 9.05 Å². The Morgan fingerprint density at radius 1 is 0.522 bits per heavy atom. The van der Waals surface area contributed by atoms with Gasteiger partial charge in [-0.05, 0) is 109 Å². The van der Waals surface area contributed by atoms with Crippen molar-refractivity contribution in [1.29, 1.82) is 0 Å². The average molecular weight is 977 g/mol. The zero-order chi connectivity index (χ0) is 50.6. The van der Waals surface area contributed by atoms with E-state index in [1.807, 2.05) is 27.2 Å². The van der Waals surface area contributed by atoms with Gasteiger partial charge in [0.15, 0.2) is 0 Å². The molecule has 0 fully saturated rings. The van der Waals surface area contributed by atoms with Gasteiger partial charge in [0.1, 0.15) is 13.2 Å². The molecular formula is C60H101N2O6P. The molecule has 392 valence electrons. The smallest absolute Gasteiger partial charge is 0.268 e. The first-order chi connectivity index (χ1) is 33.5. The van der Waals surface area contributed by atoms with E-state index in [-0.39, 0.29) is 12.5 Å². The number of unbranched alkanes of at least 4 members (excludes halogenated alkanes) is 14. The second-order valence-electron chi connectivity index (χ2n) is 18.8. The SMILES string of the molecule is CC/C=C\C/C=C\C/C=C\C/C=C\C/C=C\C/C=C\C/C=C\C/C=C\CCCCCCC(=O)NC(COP(=O)([O-])OCC[N+](C)(C)C)C(O)/C=C/CC/C=C/CC/C=C/CCCCCCCCCC. The fourth-order valence-electron chi connectivity index (χ4n) is 6.85. The topological polar surface area (TPSA) is 108 Å². The number of nitrogens with zero attached hydrogens (tertiary/aromatic N) is 1. The molecular weight excluding hydrogens is 876 g/mol. The van der Waals surface area contributed by atoms with Crippen LogP contribution in [0.5, 0.6) is 0 Å². The fraction of sp³-hybridized carbons (Fsp3) is 0.617. The predicted octanol–water partition coefficient (Wildman–Crippen LogP) is 15.7. The van der Waals surface area contributed by atoms with Crippen molar-refractivity contribution in [3.8, 4) is 0 Å². The number of nitrogens with one attached hydrogen (secondary N) is 1. The van der Waals surface area contributed by atoms with E-state index in [1.165, 1.54) is 57.8 Å². The molecule has 0 aliphatic rings. The van der Waals surface area contributed by atoms with E-state index in [9.17, 15) is 19.4 Å². The maximum Gasteiger partial charge on any atom is 0.268 e. The lowest BCUT2D eigenvalue weighted by Crippen LogP contribution is -2.45. The number of phosphoric ester groups is 1. The number of rotatable bonds is 47. The lowest BCUT2D eigenvalue weighted by Gasteiger charge is -2.29. The molecule has 0 saturated carbocycles. The Kier molecular flexibility index (Phi) is 47.2. The number of hydrogen-bond acceptors (Lipinski definition) is 6. The standard InChI is InChI=1S/C60H101N2O6P/c1-6-8-10-12-14-16-18-20-22-24-26-27-28-29-30-31-32-33-34-35-36-38-40-42-44-46-48-50-52-54-60(64)61-58(57-68-69(65,66)67-56-55-62(3,4)5)59(63)53-51-49-47-45-43-41-39-37-25-23-21-19-17-15-13-11-9-7-2/h8,10,14,16,20,22,25-27,29-30,32-33,35-37,40,42-43,45,51,53,58-59,63H,6-7,9,11-13,15,17-19,21,23-24,28,31,34,38-39,41,44,46-50,52,54-57H2,1-5H3,(H-,61,64,65,66)/b10-8-,16-14-,22-20-,27-26-,30-29-,33-32-,36-35-,37-25+,42-40-,45-43+,53-51+. The molecule has 0 aliphatic heterocycles. The van der Waals surface area contributed by atoms with Crippen LogP contribution in [0, 0.1) is 0 Å². The van der Waals surface area contributed by atoms with Crippen LogP contribution in [-0.4, -0.2) is 68.5 Å². The highest BCUT2D eigenvalue weighted by Crippen LogP contribution is 2.38. The van der Waals surface area contributed by atoms with E-state index >= 15 is 0 Å². The first-order valence-corrected chi connectivity index (χ1v) is 28.5. The Bertz CT molecular complexity index is 1580. The van der Waals surface area contributed by atoms with Crippen molar-refractivity contribution in [2.24, 2.45) is 0 Å². The Morgan fingerprint density at radius 3 is 1.35 bits per heavy atom. The summed E-state index contributed by atoms with van der Waals surface area (Å²) in [6, 6.07) is -0.934. The summed E-state index contributed by atoms with van der Waals surface area (Å²) in [6.07, 6.45) is 75.2. The van der Waals surface area contributed by atoms with Crippen LogP contribution < -0.4 is 10.2 Å². The minimum absolute atomic E-state index is 0.0224. The monoisotopic (exact) mass is 977 g/mol. The van der Waals surface area contributed by atoms with E-state index in [2.05, 4.69) is 141 Å². The minimum atomic E-state index is -4.62. The van der Waals surface area contributed by atoms with Gasteiger partial charge in [0.2, 0.25) is 5.91 Å². The van der Waals surface area contributed by atoms with Gasteiger partial charge in [-0.15, -0.1) is 0 Å². The van der Waals surface area contributed by atoms with Crippen LogP contribution >= 0.6 is 7.82 Å². The Labute approximate surface area is 424 Å². The maximum atomic E-state index is 12.9. The van der Waals surface area contributed by atoms with Crippen molar-refractivity contribution in [1.82, 2.24) is 5.32 Å². The second-order valence-corrected chi connectivity index (χ2v) is 20.2. The predicted molar refractivity (Wildman–Crippen MR) is 297 cm³/mol. The molecule has 0 aromatic carbocycles. The van der Waals surface area contributed by atoms with Gasteiger partial charge in [-0.25, -0.2) is 0 Å². The number of phosphoric acid groups is 1. The zero-order valence-corrected chi connectivity index (χ0v) is 45.3. The molecule has 0 saturated heterocycles. The zero-order valence-electron chi connectivity index (χ0n) is 44.5. The molecule has 2 N–H and O–H groups in total. The van der Waals surface area contributed by atoms with Crippen molar-refractivity contribution in [2.75, 3.05) is 40.9 Å². The number of aliphatic hydroxyl groups is 1. The second kappa shape index (κ2) is 49.6. The van der Waals surface area contributed by atoms with Crippen molar-refractivity contribution >= 4 is 13.7 Å². The van der Waals surface area contributed by atoms with Gasteiger partial charge in [-0.2, -0.15) is 0 Å². The van der Waals surface area contributed by atoms with Crippen LogP contribution in [0.1, 0.15) is 187 Å². The van der Waals surface area contributed by atoms with E-state index in [0.29, 0.717) is 30.3 Å². The van der Waals surface area contributed by atoms with Crippen LogP contribution in [0.2, 0.25) is 0 Å². The van der Waals surface area contributed by atoms with Gasteiger partial charge in [-0.1, -0.05) is 205 Å². The molecule has 1 amide bonds. The molecule has 0 aliphatic carbocycles. The van der Waals surface area contributed by atoms with Gasteiger partial charge in [0.25, 0.3) is 7.82 Å². The van der Waals surface area contributed by atoms with Crippen molar-refractivity contribution < 1.29 is 32.9 Å². The van der Waals surface area contributed by atoms with Gasteiger partial charge in [0, 0.05) is 6.42 Å². The molecule has 9 heteroatoms. The molecule has 0 aromatic rings. The van der Waals surface area contributed by atoms with Crippen LogP contribution in [0.15, 0.2) is 134 Å². The molecule has 0 spiro atoms. The first kappa shape index (κ1) is 65.6. The quantitative estimate of drug-likeness (QED) is 0.0272. The normalized spacial score (nSPS) is 15.1. The van der Waals surface area contributed by atoms with Crippen molar-refractivity contribution in [3.63, 3.8) is 0 Å². The number of likely N-dealkylation sites (N-methyl/N-ethyl adjacent to an activating group) is 1. The highest BCUT2D eigenvalue weighted by molar-refractivity contribution is 7.45. The summed E-state index contributed by atoms with van der Waals surface area (Å²) < 4.78 is 23.3. The molecule has 0 heterocycles. The summed E-state index contributed by atoms with van der Waals surface area (Å²) in [5.41, 5.74) is 0. The molecule has 8 nitrogen and oxygen atoms in total. The molecule has 0 rings (SSSR count). The van der Waals surface area contributed by atoms with E-state index in [1.54, 1.807) is 6.08 Å². The number of quaternary nitrogens is 1. The highest BCUT2D eigenvalue weighted by Gasteiger charge is 2.23. The lowest BCUT2D eigenvalue weighted by atomic mass is 10.1. The number of allylic oxidation sites excluding steroid dienone is 21. The van der Waals surface area contributed by atoms with Crippen LogP contribution in [0.4, 0.5) is 0 Å². The fourth-order valence-corrected chi connectivity index (χ4v) is 7.57. The van der Waals surface area contributed by atoms with E-state index < -0.39 is 26.6 Å². The number of aliphatic hydroxyl groups excluding tert-OH is 1. The summed E-state index contributed by atoms with van der Waals surface area (Å²) >= 11 is 0. The summed E-state index contributed by atoms with van der Waals surface area (Å²) in [7, 11) is 1.19. The maximum absolute atomic E-state index is 12.9. The van der Waals surface area contributed by atoms with Crippen molar-refractivity contribution in [3.05, 3.63) is 134 Å². The Hall–Kier alpha value is -3.36. The summed E-state index contributed by atoms with van der Waals surface area (Å²) in [5, 5.41) is 13.8.